The maximum atomic E-state index is 11.0. The van der Waals surface area contributed by atoms with Crippen LogP contribution in [0.25, 0.3) is 0 Å². The van der Waals surface area contributed by atoms with E-state index in [-0.39, 0.29) is 29.0 Å². The number of benzene rings is 2. The van der Waals surface area contributed by atoms with Crippen molar-refractivity contribution < 1.29 is 47.4 Å². The molecule has 2 aromatic carbocycles. The summed E-state index contributed by atoms with van der Waals surface area (Å²) in [6, 6.07) is 4.16. The topological polar surface area (TPSA) is 177 Å². The Bertz CT molecular complexity index is 946. The molecule has 1 aliphatic rings. The molecule has 26 heavy (non-hydrogen) atoms. The Hall–Kier alpha value is -2.89. The summed E-state index contributed by atoms with van der Waals surface area (Å²) in [6.07, 6.45) is -3.00. The predicted molar refractivity (Wildman–Crippen MR) is 82.9 cm³/mol. The van der Waals surface area contributed by atoms with Crippen molar-refractivity contribution in [3.05, 3.63) is 35.4 Å². The third-order valence-electron chi connectivity index (χ3n) is 3.80. The highest BCUT2D eigenvalue weighted by molar-refractivity contribution is 7.80. The summed E-state index contributed by atoms with van der Waals surface area (Å²) in [5, 5.41) is 48.2. The Morgan fingerprint density at radius 2 is 1.62 bits per heavy atom. The van der Waals surface area contributed by atoms with Gasteiger partial charge < -0.3 is 34.8 Å². The first-order valence-electron chi connectivity index (χ1n) is 7.15. The van der Waals surface area contributed by atoms with E-state index in [0.29, 0.717) is 0 Å². The Balaban J connectivity index is 2.11. The van der Waals surface area contributed by atoms with Crippen molar-refractivity contribution in [3.8, 4) is 34.5 Å². The van der Waals surface area contributed by atoms with Crippen LogP contribution in [0.2, 0.25) is 0 Å². The lowest BCUT2D eigenvalue weighted by Gasteiger charge is -2.34. The van der Waals surface area contributed by atoms with E-state index in [1.807, 2.05) is 0 Å². The van der Waals surface area contributed by atoms with E-state index in [2.05, 4.69) is 4.18 Å². The lowest BCUT2D eigenvalue weighted by Crippen LogP contribution is -2.34. The molecular weight excluding hydrogens is 372 g/mol. The van der Waals surface area contributed by atoms with Crippen molar-refractivity contribution in [3.63, 3.8) is 0 Å². The van der Waals surface area contributed by atoms with Crippen LogP contribution in [0, 0.1) is 0 Å². The molecule has 0 saturated heterocycles. The Morgan fingerprint density at radius 1 is 1.00 bits per heavy atom. The first kappa shape index (κ1) is 17.9. The van der Waals surface area contributed by atoms with Gasteiger partial charge in [-0.15, -0.1) is 0 Å². The molecule has 1 aliphatic heterocycles. The van der Waals surface area contributed by atoms with E-state index in [0.717, 1.165) is 18.2 Å². The molecule has 140 valence electrons. The van der Waals surface area contributed by atoms with Crippen LogP contribution in [0.1, 0.15) is 17.2 Å². The quantitative estimate of drug-likeness (QED) is 0.287. The van der Waals surface area contributed by atoms with Crippen molar-refractivity contribution in [1.29, 1.82) is 0 Å². The summed E-state index contributed by atoms with van der Waals surface area (Å²) in [5.74, 6) is -3.08. The summed E-state index contributed by atoms with van der Waals surface area (Å²) < 4.78 is 43.1. The molecule has 0 aliphatic carbocycles. The van der Waals surface area contributed by atoms with Crippen LogP contribution < -0.4 is 4.74 Å². The van der Waals surface area contributed by atoms with Gasteiger partial charge in [0.25, 0.3) is 0 Å². The van der Waals surface area contributed by atoms with Crippen LogP contribution in [0.3, 0.4) is 0 Å². The molecule has 0 radical (unpaired) electrons. The average Bonchev–Trinajstić information content (AvgIpc) is 2.49. The third kappa shape index (κ3) is 3.40. The fourth-order valence-corrected chi connectivity index (χ4v) is 3.25. The zero-order valence-electron chi connectivity index (χ0n) is 12.9. The number of hydrogen-bond donors (Lipinski definition) is 5. The number of phenolic OH excluding ortho intramolecular Hbond substituents is 5. The standard InChI is InChI=1S/C15H14O10S/c16-8-1-6-4-12(25-26(21,22)23)15(24-14(6)11(19)5-8)7-2-9(17)13(20)10(18)3-7/h1-3,5,12,15-20H,4H2,(H,21,22,23)/p-1/t12-,15-/m0/s1. The van der Waals surface area contributed by atoms with Gasteiger partial charge in [0.05, 0.1) is 0 Å². The summed E-state index contributed by atoms with van der Waals surface area (Å²) in [7, 11) is -5.15. The van der Waals surface area contributed by atoms with E-state index < -0.39 is 45.6 Å². The van der Waals surface area contributed by atoms with Crippen LogP contribution >= 0.6 is 0 Å². The van der Waals surface area contributed by atoms with Crippen molar-refractivity contribution in [1.82, 2.24) is 0 Å². The largest absolute Gasteiger partial charge is 0.726 e. The molecule has 3 rings (SSSR count). The van der Waals surface area contributed by atoms with Gasteiger partial charge >= 0.3 is 0 Å². The van der Waals surface area contributed by atoms with Gasteiger partial charge in [-0.2, -0.15) is 0 Å². The second-order valence-corrected chi connectivity index (χ2v) is 6.66. The van der Waals surface area contributed by atoms with Crippen LogP contribution in [0.5, 0.6) is 34.5 Å². The summed E-state index contributed by atoms with van der Waals surface area (Å²) in [6.45, 7) is 0. The van der Waals surface area contributed by atoms with E-state index in [4.69, 9.17) is 4.74 Å². The van der Waals surface area contributed by atoms with Crippen molar-refractivity contribution >= 4 is 10.4 Å². The highest BCUT2D eigenvalue weighted by atomic mass is 32.3. The number of fused-ring (bicyclic) bond motifs is 1. The number of hydrogen-bond acceptors (Lipinski definition) is 10. The van der Waals surface area contributed by atoms with E-state index in [1.165, 1.54) is 6.07 Å². The van der Waals surface area contributed by atoms with Gasteiger partial charge in [-0.1, -0.05) is 0 Å². The van der Waals surface area contributed by atoms with Gasteiger partial charge in [0.1, 0.15) is 11.9 Å². The zero-order valence-corrected chi connectivity index (χ0v) is 13.7. The minimum atomic E-state index is -5.15. The highest BCUT2D eigenvalue weighted by Gasteiger charge is 2.36. The van der Waals surface area contributed by atoms with E-state index in [1.54, 1.807) is 0 Å². The van der Waals surface area contributed by atoms with Crippen molar-refractivity contribution in [2.45, 2.75) is 18.6 Å². The first-order chi connectivity index (χ1) is 12.0. The zero-order chi connectivity index (χ0) is 19.2. The first-order valence-corrected chi connectivity index (χ1v) is 8.49. The number of aromatic hydroxyl groups is 5. The SMILES string of the molecule is O=S(=O)([O-])O[C@H]1Cc2cc(O)cc(O)c2O[C@H]1c1cc(O)c(O)c(O)c1. The molecule has 0 amide bonds. The van der Waals surface area contributed by atoms with Gasteiger partial charge in [-0.25, -0.2) is 8.42 Å². The van der Waals surface area contributed by atoms with Gasteiger partial charge in [0.2, 0.25) is 10.4 Å². The molecule has 2 atom stereocenters. The molecule has 11 heteroatoms. The highest BCUT2D eigenvalue weighted by Crippen LogP contribution is 2.46. The average molecular weight is 385 g/mol. The second-order valence-electron chi connectivity index (χ2n) is 5.65. The monoisotopic (exact) mass is 385 g/mol. The molecule has 5 N–H and O–H groups in total. The fraction of sp³-hybridized carbons (Fsp3) is 0.200. The molecule has 0 fully saturated rings. The van der Waals surface area contributed by atoms with Gasteiger partial charge in [-0.05, 0) is 18.2 Å². The molecule has 1 heterocycles. The van der Waals surface area contributed by atoms with Crippen LogP contribution in [-0.4, -0.2) is 44.6 Å². The molecule has 10 nitrogen and oxygen atoms in total. The molecular formula is C15H13O10S-. The minimum Gasteiger partial charge on any atom is -0.726 e. The molecule has 0 spiro atoms. The molecule has 2 aromatic rings. The second kappa shape index (κ2) is 6.12. The lowest BCUT2D eigenvalue weighted by atomic mass is 9.94. The normalized spacial score (nSPS) is 19.6. The summed E-state index contributed by atoms with van der Waals surface area (Å²) >= 11 is 0. The van der Waals surface area contributed by atoms with Crippen LogP contribution in [0.4, 0.5) is 0 Å². The van der Waals surface area contributed by atoms with Crippen molar-refractivity contribution in [2.24, 2.45) is 0 Å². The number of rotatable bonds is 3. The Morgan fingerprint density at radius 3 is 2.19 bits per heavy atom. The molecule has 0 unspecified atom stereocenters. The Labute approximate surface area is 147 Å². The maximum Gasteiger partial charge on any atom is 0.218 e. The van der Waals surface area contributed by atoms with Crippen LogP contribution in [0.15, 0.2) is 24.3 Å². The molecule has 0 saturated carbocycles. The van der Waals surface area contributed by atoms with Crippen molar-refractivity contribution in [2.75, 3.05) is 0 Å². The van der Waals surface area contributed by atoms with E-state index in [9.17, 15) is 38.5 Å². The molecule has 0 aromatic heterocycles. The summed E-state index contributed by atoms with van der Waals surface area (Å²) in [5.41, 5.74) is 0.157. The summed E-state index contributed by atoms with van der Waals surface area (Å²) in [4.78, 5) is 0. The number of phenols is 5. The molecule has 0 bridgehead atoms. The maximum absolute atomic E-state index is 11.0. The number of ether oxygens (including phenoxy) is 1. The predicted octanol–water partition coefficient (Wildman–Crippen LogP) is 0.736. The van der Waals surface area contributed by atoms with Gasteiger partial charge in [0.15, 0.2) is 34.9 Å². The van der Waals surface area contributed by atoms with Crippen LogP contribution in [-0.2, 0) is 21.0 Å². The van der Waals surface area contributed by atoms with Gasteiger partial charge in [-0.3, -0.25) is 4.18 Å². The smallest absolute Gasteiger partial charge is 0.218 e. The van der Waals surface area contributed by atoms with Gasteiger partial charge in [0, 0.05) is 23.6 Å². The lowest BCUT2D eigenvalue weighted by molar-refractivity contribution is 0.0314. The third-order valence-corrected chi connectivity index (χ3v) is 4.28. The minimum absolute atomic E-state index is 0.0235. The Kier molecular flexibility index (Phi) is 4.22. The fourth-order valence-electron chi connectivity index (χ4n) is 2.78. The van der Waals surface area contributed by atoms with E-state index >= 15 is 0 Å².